The fourth-order valence-electron chi connectivity index (χ4n) is 4.08. The zero-order valence-electron chi connectivity index (χ0n) is 19.4. The third-order valence-corrected chi connectivity index (χ3v) is 5.14. The van der Waals surface area contributed by atoms with Crippen LogP contribution in [0, 0.1) is 11.3 Å². The number of carboxylic acids is 1. The third-order valence-electron chi connectivity index (χ3n) is 5.14. The number of aromatic carboxylic acids is 1. The van der Waals surface area contributed by atoms with Crippen LogP contribution in [-0.4, -0.2) is 11.1 Å². The average molecular weight is 399 g/mol. The molecule has 3 nitrogen and oxygen atoms in total. The second-order valence-electron chi connectivity index (χ2n) is 10.3. The van der Waals surface area contributed by atoms with Crippen molar-refractivity contribution in [3.63, 3.8) is 0 Å². The van der Waals surface area contributed by atoms with Gasteiger partial charge in [0.2, 0.25) is 0 Å². The van der Waals surface area contributed by atoms with E-state index >= 15 is 0 Å². The first-order valence-corrected chi connectivity index (χ1v) is 10.4. The average Bonchev–Trinajstić information content (AvgIpc) is 2.48. The van der Waals surface area contributed by atoms with Gasteiger partial charge in [-0.25, -0.2) is 0 Å². The maximum absolute atomic E-state index is 11.5. The normalized spacial score (nSPS) is 12.1. The van der Waals surface area contributed by atoms with Gasteiger partial charge < -0.3 is 15.0 Å². The van der Waals surface area contributed by atoms with E-state index in [2.05, 4.69) is 48.5 Å². The summed E-state index contributed by atoms with van der Waals surface area (Å²) < 4.78 is 0. The topological polar surface area (TPSA) is 60.4 Å². The summed E-state index contributed by atoms with van der Waals surface area (Å²) in [6.07, 6.45) is 7.34. The van der Waals surface area contributed by atoms with Crippen molar-refractivity contribution in [3.05, 3.63) is 28.8 Å². The van der Waals surface area contributed by atoms with Crippen molar-refractivity contribution >= 4 is 5.97 Å². The monoisotopic (exact) mass is 398 g/mol. The number of hydrogen-bond donors (Lipinski definition) is 1. The minimum atomic E-state index is -1.31. The number of hydrogen-bond acceptors (Lipinski definition) is 3. The molecule has 0 unspecified atom stereocenters. The van der Waals surface area contributed by atoms with Gasteiger partial charge in [0.15, 0.2) is 0 Å². The number of benzene rings is 1. The molecule has 0 aliphatic carbocycles. The molecule has 0 fully saturated rings. The molecule has 1 rings (SSSR count). The zero-order valence-corrected chi connectivity index (χ0v) is 21.4. The van der Waals surface area contributed by atoms with E-state index in [4.69, 9.17) is 0 Å². The van der Waals surface area contributed by atoms with Crippen LogP contribution < -0.4 is 34.7 Å². The second-order valence-corrected chi connectivity index (χ2v) is 10.3. The molecule has 0 atom stereocenters. The van der Waals surface area contributed by atoms with E-state index in [1.54, 1.807) is 6.07 Å². The van der Waals surface area contributed by atoms with Gasteiger partial charge in [0.05, 0.1) is 5.97 Å². The van der Waals surface area contributed by atoms with E-state index in [9.17, 15) is 15.0 Å². The van der Waals surface area contributed by atoms with Crippen molar-refractivity contribution in [2.45, 2.75) is 98.8 Å². The fourth-order valence-corrected chi connectivity index (χ4v) is 4.08. The Morgan fingerprint density at radius 1 is 1.04 bits per heavy atom. The molecule has 1 aromatic rings. The van der Waals surface area contributed by atoms with Crippen LogP contribution in [0.2, 0.25) is 0 Å². The molecule has 0 radical (unpaired) electrons. The summed E-state index contributed by atoms with van der Waals surface area (Å²) in [5, 5.41) is 22.0. The van der Waals surface area contributed by atoms with Gasteiger partial charge in [-0.05, 0) is 53.2 Å². The summed E-state index contributed by atoms with van der Waals surface area (Å²) in [6, 6.07) is 3.60. The number of phenols is 1. The third kappa shape index (κ3) is 9.33. The molecule has 0 bridgehead atoms. The minimum Gasteiger partial charge on any atom is -0.545 e. The first-order valence-electron chi connectivity index (χ1n) is 10.4. The largest absolute Gasteiger partial charge is 1.00 e. The molecule has 28 heavy (non-hydrogen) atoms. The Bertz CT molecular complexity index is 627. The molecular weight excluding hydrogens is 359 g/mol. The molecule has 0 aliphatic rings. The van der Waals surface area contributed by atoms with Crippen molar-refractivity contribution in [1.29, 1.82) is 0 Å². The summed E-state index contributed by atoms with van der Waals surface area (Å²) in [5.41, 5.74) is 1.56. The molecule has 1 N–H and O–H groups in total. The number of rotatable bonds is 10. The molecule has 0 amide bonds. The van der Waals surface area contributed by atoms with Gasteiger partial charge in [0, 0.05) is 5.56 Å². The van der Waals surface area contributed by atoms with Crippen LogP contribution in [0.1, 0.15) is 108 Å². The molecular formula is C24H39NaO3. The van der Waals surface area contributed by atoms with Crippen molar-refractivity contribution in [2.75, 3.05) is 0 Å². The number of carbonyl (C=O) groups is 1. The van der Waals surface area contributed by atoms with Gasteiger partial charge in [0.1, 0.15) is 5.75 Å². The molecule has 0 heterocycles. The Labute approximate surface area is 194 Å². The van der Waals surface area contributed by atoms with Gasteiger partial charge in [-0.2, -0.15) is 0 Å². The SMILES string of the molecule is CC(C)CCCCCCc1cc(C(C)(C)CC(C)(C)C)cc(C(=O)[O-])c1O.[Na+]. The van der Waals surface area contributed by atoms with E-state index < -0.39 is 5.97 Å². The van der Waals surface area contributed by atoms with Crippen LogP contribution in [0.3, 0.4) is 0 Å². The molecule has 154 valence electrons. The van der Waals surface area contributed by atoms with Crippen LogP contribution >= 0.6 is 0 Å². The van der Waals surface area contributed by atoms with Crippen LogP contribution in [0.5, 0.6) is 5.75 Å². The van der Waals surface area contributed by atoms with E-state index in [0.29, 0.717) is 6.42 Å². The Morgan fingerprint density at radius 2 is 1.61 bits per heavy atom. The number of carboxylic acid groups (broad SMARTS) is 1. The van der Waals surface area contributed by atoms with E-state index in [1.165, 1.54) is 19.3 Å². The molecule has 4 heteroatoms. The Morgan fingerprint density at radius 3 is 2.11 bits per heavy atom. The predicted octanol–water partition coefficient (Wildman–Crippen LogP) is 2.62. The molecule has 0 saturated carbocycles. The number of carbonyl (C=O) groups excluding carboxylic acids is 1. The van der Waals surface area contributed by atoms with Crippen molar-refractivity contribution < 1.29 is 44.6 Å². The minimum absolute atomic E-state index is 0. The number of aromatic hydroxyl groups is 1. The number of unbranched alkanes of at least 4 members (excludes halogenated alkanes) is 3. The Kier molecular flexibility index (Phi) is 11.4. The predicted molar refractivity (Wildman–Crippen MR) is 111 cm³/mol. The Balaban J connectivity index is 0.00000729. The Hall–Kier alpha value is -0.510. The van der Waals surface area contributed by atoms with E-state index in [1.807, 2.05) is 6.07 Å². The molecule has 0 aliphatic heterocycles. The molecule has 0 spiro atoms. The summed E-state index contributed by atoms with van der Waals surface area (Å²) in [5.74, 6) is -0.687. The maximum atomic E-state index is 11.5. The quantitative estimate of drug-likeness (QED) is 0.487. The van der Waals surface area contributed by atoms with E-state index in [-0.39, 0.29) is 51.7 Å². The summed E-state index contributed by atoms with van der Waals surface area (Å²) >= 11 is 0. The smallest absolute Gasteiger partial charge is 0.545 e. The van der Waals surface area contributed by atoms with Crippen molar-refractivity contribution in [1.82, 2.24) is 0 Å². The summed E-state index contributed by atoms with van der Waals surface area (Å²) in [4.78, 5) is 11.5. The van der Waals surface area contributed by atoms with Crippen molar-refractivity contribution in [2.24, 2.45) is 11.3 Å². The zero-order chi connectivity index (χ0) is 20.8. The molecule has 1 aromatic carbocycles. The molecule has 0 saturated heterocycles. The van der Waals surface area contributed by atoms with Crippen LogP contribution in [-0.2, 0) is 11.8 Å². The summed E-state index contributed by atoms with van der Waals surface area (Å²) in [6.45, 7) is 15.3. The first-order chi connectivity index (χ1) is 12.3. The van der Waals surface area contributed by atoms with Gasteiger partial charge in [-0.3, -0.25) is 0 Å². The van der Waals surface area contributed by atoms with Gasteiger partial charge in [0.25, 0.3) is 0 Å². The fraction of sp³-hybridized carbons (Fsp3) is 0.708. The van der Waals surface area contributed by atoms with Crippen LogP contribution in [0.25, 0.3) is 0 Å². The van der Waals surface area contributed by atoms with E-state index in [0.717, 1.165) is 36.3 Å². The van der Waals surface area contributed by atoms with Gasteiger partial charge in [-0.15, -0.1) is 0 Å². The van der Waals surface area contributed by atoms with Crippen LogP contribution in [0.15, 0.2) is 12.1 Å². The second kappa shape index (κ2) is 11.6. The maximum Gasteiger partial charge on any atom is 1.00 e. The van der Waals surface area contributed by atoms with Crippen LogP contribution in [0.4, 0.5) is 0 Å². The van der Waals surface area contributed by atoms with Gasteiger partial charge >= 0.3 is 29.6 Å². The van der Waals surface area contributed by atoms with Gasteiger partial charge in [-0.1, -0.05) is 80.2 Å². The standard InChI is InChI=1S/C24H40O3.Na/c1-17(2)12-10-8-9-11-13-18-14-19(15-20(21(18)25)22(26)27)24(6,7)16-23(3,4)5;/h14-15,17,25H,8-13,16H2,1-7H3,(H,26,27);/q;+1/p-1. The first kappa shape index (κ1) is 27.5. The number of aryl methyl sites for hydroxylation is 1. The summed E-state index contributed by atoms with van der Waals surface area (Å²) in [7, 11) is 0. The molecule has 0 aromatic heterocycles. The van der Waals surface area contributed by atoms with Crippen molar-refractivity contribution in [3.8, 4) is 5.75 Å².